The van der Waals surface area contributed by atoms with Crippen LogP contribution in [0.1, 0.15) is 16.1 Å². The first-order chi connectivity index (χ1) is 19.0. The van der Waals surface area contributed by atoms with Crippen LogP contribution in [0.25, 0.3) is 5.57 Å². The van der Waals surface area contributed by atoms with Gasteiger partial charge in [-0.2, -0.15) is 5.26 Å². The van der Waals surface area contributed by atoms with E-state index >= 15 is 0 Å². The minimum absolute atomic E-state index is 0.320. The van der Waals surface area contributed by atoms with Gasteiger partial charge in [-0.05, 0) is 66.7 Å². The molecule has 190 valence electrons. The average molecular weight is 532 g/mol. The molecule has 1 aromatic heterocycles. The highest BCUT2D eigenvalue weighted by Crippen LogP contribution is 2.43. The molecule has 2 heterocycles. The van der Waals surface area contributed by atoms with Crippen LogP contribution in [0, 0.1) is 11.3 Å². The molecule has 0 saturated carbocycles. The maximum Gasteiger partial charge on any atom is 0.255 e. The number of carbonyl (C=O) groups excluding carboxylic acids is 2. The molecule has 3 aromatic carbocycles. The number of benzene rings is 3. The van der Waals surface area contributed by atoms with Gasteiger partial charge in [-0.25, -0.2) is 9.97 Å². The summed E-state index contributed by atoms with van der Waals surface area (Å²) in [4.78, 5) is 34.1. The molecule has 9 nitrogen and oxygen atoms in total. The Bertz CT molecular complexity index is 1630. The Kier molecular flexibility index (Phi) is 7.34. The van der Waals surface area contributed by atoms with Gasteiger partial charge in [0.1, 0.15) is 11.6 Å². The number of nitrogens with zero attached hydrogens (tertiary/aromatic N) is 3. The summed E-state index contributed by atoms with van der Waals surface area (Å²) in [6.07, 6.45) is 2.75. The number of thioether (sulfide) groups is 1. The van der Waals surface area contributed by atoms with Crippen LogP contribution in [-0.4, -0.2) is 21.8 Å². The Morgan fingerprint density at radius 2 is 1.74 bits per heavy atom. The van der Waals surface area contributed by atoms with Gasteiger partial charge in [0, 0.05) is 33.7 Å². The lowest BCUT2D eigenvalue weighted by Crippen LogP contribution is -2.13. The zero-order chi connectivity index (χ0) is 27.2. The van der Waals surface area contributed by atoms with Crippen LogP contribution in [-0.2, 0) is 4.79 Å². The van der Waals surface area contributed by atoms with Crippen LogP contribution in [0.3, 0.4) is 0 Å². The topological polar surface area (TPSA) is 132 Å². The molecular formula is C29H21N7O2S. The van der Waals surface area contributed by atoms with E-state index in [1.54, 1.807) is 60.8 Å². The highest BCUT2D eigenvalue weighted by Gasteiger charge is 2.21. The maximum atomic E-state index is 12.7. The van der Waals surface area contributed by atoms with Crippen molar-refractivity contribution in [3.05, 3.63) is 114 Å². The molecule has 0 atom stereocenters. The molecule has 0 radical (unpaired) electrons. The Morgan fingerprint density at radius 3 is 2.51 bits per heavy atom. The molecule has 0 bridgehead atoms. The van der Waals surface area contributed by atoms with Crippen LogP contribution in [0.2, 0.25) is 0 Å². The number of amides is 2. The molecule has 2 amide bonds. The van der Waals surface area contributed by atoms with Crippen molar-refractivity contribution in [1.29, 1.82) is 5.26 Å². The SMILES string of the molecule is C=CC(=O)Nc1cccc(C(=O)Nc2ccc(Nc3nccc(/C(C#N)=C4/Nc5ccccc5S4)n3)cc2)c1. The van der Waals surface area contributed by atoms with Gasteiger partial charge in [-0.3, -0.25) is 9.59 Å². The molecule has 1 aliphatic rings. The molecule has 1 aliphatic heterocycles. The summed E-state index contributed by atoms with van der Waals surface area (Å²) >= 11 is 1.49. The number of hydrogen-bond donors (Lipinski definition) is 4. The van der Waals surface area contributed by atoms with Crippen molar-refractivity contribution in [2.45, 2.75) is 4.90 Å². The molecule has 0 spiro atoms. The molecule has 39 heavy (non-hydrogen) atoms. The van der Waals surface area contributed by atoms with Crippen LogP contribution < -0.4 is 21.3 Å². The number of nitrogens with one attached hydrogen (secondary N) is 4. The molecule has 5 rings (SSSR count). The van der Waals surface area contributed by atoms with Gasteiger partial charge in [0.05, 0.1) is 16.4 Å². The Morgan fingerprint density at radius 1 is 0.949 bits per heavy atom. The second-order valence-electron chi connectivity index (χ2n) is 8.24. The van der Waals surface area contributed by atoms with E-state index in [4.69, 9.17) is 0 Å². The molecule has 0 saturated heterocycles. The predicted octanol–water partition coefficient (Wildman–Crippen LogP) is 6.01. The molecule has 0 fully saturated rings. The number of para-hydroxylation sites is 1. The number of allylic oxidation sites excluding steroid dienone is 1. The summed E-state index contributed by atoms with van der Waals surface area (Å²) in [5.74, 6) is -0.346. The van der Waals surface area contributed by atoms with E-state index in [2.05, 4.69) is 43.9 Å². The van der Waals surface area contributed by atoms with Gasteiger partial charge in [0.15, 0.2) is 0 Å². The Labute approximate surface area is 228 Å². The minimum Gasteiger partial charge on any atom is -0.348 e. The third-order valence-electron chi connectivity index (χ3n) is 5.57. The fourth-order valence-corrected chi connectivity index (χ4v) is 4.72. The van der Waals surface area contributed by atoms with Crippen molar-refractivity contribution in [2.75, 3.05) is 21.3 Å². The lowest BCUT2D eigenvalue weighted by Gasteiger charge is -2.10. The Balaban J connectivity index is 1.26. The van der Waals surface area contributed by atoms with Crippen LogP contribution >= 0.6 is 11.8 Å². The minimum atomic E-state index is -0.356. The summed E-state index contributed by atoms with van der Waals surface area (Å²) in [5.41, 5.74) is 4.05. The normalized spacial score (nSPS) is 12.8. The first-order valence-corrected chi connectivity index (χ1v) is 12.6. The lowest BCUT2D eigenvalue weighted by molar-refractivity contribution is -0.111. The molecule has 10 heteroatoms. The largest absolute Gasteiger partial charge is 0.348 e. The number of hydrogen-bond acceptors (Lipinski definition) is 8. The fraction of sp³-hybridized carbons (Fsp3) is 0. The van der Waals surface area contributed by atoms with Gasteiger partial charge >= 0.3 is 0 Å². The van der Waals surface area contributed by atoms with Gasteiger partial charge in [-0.1, -0.05) is 36.5 Å². The van der Waals surface area contributed by atoms with E-state index in [0.29, 0.717) is 39.8 Å². The van der Waals surface area contributed by atoms with Gasteiger partial charge in [0.2, 0.25) is 11.9 Å². The third-order valence-corrected chi connectivity index (χ3v) is 6.66. The third kappa shape index (κ3) is 5.95. The van der Waals surface area contributed by atoms with Crippen LogP contribution in [0.15, 0.2) is 108 Å². The van der Waals surface area contributed by atoms with Gasteiger partial charge < -0.3 is 21.3 Å². The zero-order valence-electron chi connectivity index (χ0n) is 20.4. The fourth-order valence-electron chi connectivity index (χ4n) is 3.71. The highest BCUT2D eigenvalue weighted by atomic mass is 32.2. The van der Waals surface area contributed by atoms with E-state index in [1.807, 2.05) is 24.3 Å². The second-order valence-corrected chi connectivity index (χ2v) is 9.29. The molecule has 4 N–H and O–H groups in total. The Hall–Kier alpha value is -5.40. The van der Waals surface area contributed by atoms with Gasteiger partial charge in [0.25, 0.3) is 5.91 Å². The van der Waals surface area contributed by atoms with Crippen molar-refractivity contribution in [2.24, 2.45) is 0 Å². The van der Waals surface area contributed by atoms with E-state index in [9.17, 15) is 14.9 Å². The van der Waals surface area contributed by atoms with Crippen LogP contribution in [0.5, 0.6) is 0 Å². The number of anilines is 5. The lowest BCUT2D eigenvalue weighted by atomic mass is 10.1. The zero-order valence-corrected chi connectivity index (χ0v) is 21.3. The van der Waals surface area contributed by atoms with Crippen molar-refractivity contribution < 1.29 is 9.59 Å². The first kappa shape index (κ1) is 25.3. The summed E-state index contributed by atoms with van der Waals surface area (Å²) in [7, 11) is 0. The van der Waals surface area contributed by atoms with E-state index in [0.717, 1.165) is 21.7 Å². The number of aromatic nitrogens is 2. The summed E-state index contributed by atoms with van der Waals surface area (Å²) < 4.78 is 0. The maximum absolute atomic E-state index is 12.7. The number of rotatable bonds is 7. The number of carbonyl (C=O) groups is 2. The summed E-state index contributed by atoms with van der Waals surface area (Å²) in [6.45, 7) is 3.42. The highest BCUT2D eigenvalue weighted by molar-refractivity contribution is 8.04. The molecule has 4 aromatic rings. The average Bonchev–Trinajstić information content (AvgIpc) is 3.38. The quantitative estimate of drug-likeness (QED) is 0.168. The van der Waals surface area contributed by atoms with Crippen LogP contribution in [0.4, 0.5) is 28.7 Å². The van der Waals surface area contributed by atoms with Gasteiger partial charge in [-0.15, -0.1) is 0 Å². The molecule has 0 unspecified atom stereocenters. The van der Waals surface area contributed by atoms with E-state index < -0.39 is 0 Å². The first-order valence-electron chi connectivity index (χ1n) is 11.8. The molecular weight excluding hydrogens is 510 g/mol. The van der Waals surface area contributed by atoms with Crippen molar-refractivity contribution in [3.63, 3.8) is 0 Å². The number of fused-ring (bicyclic) bond motifs is 1. The summed E-state index contributed by atoms with van der Waals surface area (Å²) in [5, 5.41) is 22.5. The van der Waals surface area contributed by atoms with E-state index in [-0.39, 0.29) is 11.8 Å². The van der Waals surface area contributed by atoms with Crippen molar-refractivity contribution >= 4 is 57.8 Å². The standard InChI is InChI=1S/C29H21N7O2S/c1-2-26(37)32-21-7-5-6-18(16-21)27(38)33-19-10-12-20(13-11-19)34-29-31-15-14-23(36-29)22(17-30)28-35-24-8-3-4-9-25(24)39-28/h2-16,35H,1H2,(H,32,37)(H,33,38)(H,31,34,36)/b28-22-. The monoisotopic (exact) mass is 531 g/mol. The van der Waals surface area contributed by atoms with Crippen molar-refractivity contribution in [3.8, 4) is 6.07 Å². The number of nitriles is 1. The van der Waals surface area contributed by atoms with Crippen molar-refractivity contribution in [1.82, 2.24) is 9.97 Å². The molecule has 0 aliphatic carbocycles. The second kappa shape index (κ2) is 11.3. The predicted molar refractivity (Wildman–Crippen MR) is 153 cm³/mol. The summed E-state index contributed by atoms with van der Waals surface area (Å²) in [6, 6.07) is 25.4. The smallest absolute Gasteiger partial charge is 0.255 e. The van der Waals surface area contributed by atoms with E-state index in [1.165, 1.54) is 11.8 Å².